The third-order valence-electron chi connectivity index (χ3n) is 2.58. The van der Waals surface area contributed by atoms with E-state index in [0.717, 1.165) is 13.1 Å². The molecule has 1 heterocycles. The zero-order chi connectivity index (χ0) is 9.68. The normalized spacial score (nSPS) is 24.5. The molecule has 1 saturated heterocycles. The first kappa shape index (κ1) is 10.5. The molecule has 0 spiro atoms. The van der Waals surface area contributed by atoms with Crippen LogP contribution in [0.25, 0.3) is 0 Å². The first-order valence-electron chi connectivity index (χ1n) is 4.83. The third kappa shape index (κ3) is 3.74. The Hall–Kier alpha value is -0.610. The number of carbonyl (C=O) groups is 1. The van der Waals surface area contributed by atoms with Gasteiger partial charge >= 0.3 is 5.97 Å². The van der Waals surface area contributed by atoms with Crippen LogP contribution in [-0.4, -0.2) is 48.7 Å². The van der Waals surface area contributed by atoms with Gasteiger partial charge in [0.15, 0.2) is 0 Å². The van der Waals surface area contributed by atoms with Gasteiger partial charge < -0.3 is 15.3 Å². The lowest BCUT2D eigenvalue weighted by molar-refractivity contribution is -0.136. The number of rotatable bonds is 4. The summed E-state index contributed by atoms with van der Waals surface area (Å²) in [4.78, 5) is 12.6. The molecule has 0 saturated carbocycles. The topological polar surface area (TPSA) is 52.6 Å². The molecule has 1 fully saturated rings. The van der Waals surface area contributed by atoms with E-state index in [9.17, 15) is 4.79 Å². The highest BCUT2D eigenvalue weighted by atomic mass is 16.4. The van der Waals surface area contributed by atoms with Crippen LogP contribution in [-0.2, 0) is 4.79 Å². The molecule has 1 unspecified atom stereocenters. The second-order valence-electron chi connectivity index (χ2n) is 3.65. The molecular weight excluding hydrogens is 168 g/mol. The van der Waals surface area contributed by atoms with Crippen LogP contribution in [0.4, 0.5) is 0 Å². The minimum absolute atomic E-state index is 0.0737. The maximum Gasteiger partial charge on any atom is 0.317 e. The van der Waals surface area contributed by atoms with Crippen LogP contribution in [0, 0.1) is 0 Å². The number of carboxylic acid groups (broad SMARTS) is 1. The average Bonchev–Trinajstić information content (AvgIpc) is 2.08. The van der Waals surface area contributed by atoms with Gasteiger partial charge in [-0.05, 0) is 26.4 Å². The van der Waals surface area contributed by atoms with Crippen molar-refractivity contribution >= 4 is 5.97 Å². The smallest absolute Gasteiger partial charge is 0.317 e. The van der Waals surface area contributed by atoms with E-state index < -0.39 is 5.97 Å². The summed E-state index contributed by atoms with van der Waals surface area (Å²) in [5.74, 6) is -0.779. The number of likely N-dealkylation sites (tertiary alicyclic amines) is 1. The molecule has 0 aromatic heterocycles. The first-order chi connectivity index (χ1) is 6.20. The molecule has 0 aromatic rings. The second kappa shape index (κ2) is 5.19. The monoisotopic (exact) mass is 186 g/mol. The Kier molecular flexibility index (Phi) is 4.18. The number of aliphatic carboxylic acids is 1. The Labute approximate surface area is 78.9 Å². The summed E-state index contributed by atoms with van der Waals surface area (Å²) >= 11 is 0. The van der Waals surface area contributed by atoms with Crippen molar-refractivity contribution in [2.75, 3.05) is 26.7 Å². The van der Waals surface area contributed by atoms with Gasteiger partial charge in [-0.3, -0.25) is 4.79 Å². The van der Waals surface area contributed by atoms with Gasteiger partial charge in [0.2, 0.25) is 0 Å². The van der Waals surface area contributed by atoms with Crippen molar-refractivity contribution in [2.45, 2.75) is 25.3 Å². The third-order valence-corrected chi connectivity index (χ3v) is 2.58. The lowest BCUT2D eigenvalue weighted by Crippen LogP contribution is -2.44. The van der Waals surface area contributed by atoms with Crippen LogP contribution in [0.5, 0.6) is 0 Å². The molecular formula is C9H18N2O2. The average molecular weight is 186 g/mol. The maximum absolute atomic E-state index is 10.2. The molecule has 0 amide bonds. The van der Waals surface area contributed by atoms with Crippen LogP contribution >= 0.6 is 0 Å². The Balaban J connectivity index is 2.15. The van der Waals surface area contributed by atoms with E-state index in [-0.39, 0.29) is 6.54 Å². The van der Waals surface area contributed by atoms with Crippen molar-refractivity contribution in [3.63, 3.8) is 0 Å². The minimum Gasteiger partial charge on any atom is -0.480 e. The highest BCUT2D eigenvalue weighted by Crippen LogP contribution is 2.13. The molecule has 13 heavy (non-hydrogen) atoms. The number of hydrogen-bond donors (Lipinski definition) is 2. The van der Waals surface area contributed by atoms with E-state index in [0.29, 0.717) is 6.04 Å². The van der Waals surface area contributed by atoms with Gasteiger partial charge in [0.25, 0.3) is 0 Å². The van der Waals surface area contributed by atoms with Gasteiger partial charge in [0.1, 0.15) is 0 Å². The Bertz CT molecular complexity index is 173. The predicted molar refractivity (Wildman–Crippen MR) is 50.8 cm³/mol. The van der Waals surface area contributed by atoms with Crippen molar-refractivity contribution in [1.82, 2.24) is 10.2 Å². The SMILES string of the molecule is CN1CCCCC1CNCC(=O)O. The Morgan fingerprint density at radius 2 is 2.38 bits per heavy atom. The summed E-state index contributed by atoms with van der Waals surface area (Å²) in [5.41, 5.74) is 0. The summed E-state index contributed by atoms with van der Waals surface area (Å²) in [5, 5.41) is 11.4. The van der Waals surface area contributed by atoms with Crippen molar-refractivity contribution in [3.8, 4) is 0 Å². The second-order valence-corrected chi connectivity index (χ2v) is 3.65. The van der Waals surface area contributed by atoms with Gasteiger partial charge in [-0.2, -0.15) is 0 Å². The van der Waals surface area contributed by atoms with Crippen molar-refractivity contribution < 1.29 is 9.90 Å². The van der Waals surface area contributed by atoms with Gasteiger partial charge in [-0.1, -0.05) is 6.42 Å². The predicted octanol–water partition coefficient (Wildman–Crippen LogP) is 0.145. The molecule has 1 atom stereocenters. The number of hydrogen-bond acceptors (Lipinski definition) is 3. The number of nitrogens with zero attached hydrogens (tertiary/aromatic N) is 1. The van der Waals surface area contributed by atoms with E-state index in [2.05, 4.69) is 17.3 Å². The highest BCUT2D eigenvalue weighted by Gasteiger charge is 2.18. The molecule has 76 valence electrons. The van der Waals surface area contributed by atoms with Gasteiger partial charge in [0.05, 0.1) is 6.54 Å². The van der Waals surface area contributed by atoms with Crippen LogP contribution in [0.3, 0.4) is 0 Å². The van der Waals surface area contributed by atoms with Gasteiger partial charge in [0, 0.05) is 12.6 Å². The van der Waals surface area contributed by atoms with Crippen molar-refractivity contribution in [3.05, 3.63) is 0 Å². The molecule has 4 heteroatoms. The van der Waals surface area contributed by atoms with Crippen LogP contribution in [0.1, 0.15) is 19.3 Å². The van der Waals surface area contributed by atoms with Crippen LogP contribution in [0.15, 0.2) is 0 Å². The van der Waals surface area contributed by atoms with E-state index in [1.54, 1.807) is 0 Å². The summed E-state index contributed by atoms with van der Waals surface area (Å²) in [6.07, 6.45) is 3.72. The number of carboxylic acids is 1. The summed E-state index contributed by atoms with van der Waals surface area (Å²) in [6.45, 7) is 2.01. The molecule has 0 aliphatic carbocycles. The fraction of sp³-hybridized carbons (Fsp3) is 0.889. The van der Waals surface area contributed by atoms with Crippen LogP contribution < -0.4 is 5.32 Å². The molecule has 0 radical (unpaired) electrons. The van der Waals surface area contributed by atoms with E-state index >= 15 is 0 Å². The lowest BCUT2D eigenvalue weighted by atomic mass is 10.0. The van der Waals surface area contributed by atoms with E-state index in [4.69, 9.17) is 5.11 Å². The Morgan fingerprint density at radius 3 is 3.00 bits per heavy atom. The van der Waals surface area contributed by atoms with E-state index in [1.165, 1.54) is 19.3 Å². The maximum atomic E-state index is 10.2. The quantitative estimate of drug-likeness (QED) is 0.656. The number of nitrogens with one attached hydrogen (secondary N) is 1. The zero-order valence-corrected chi connectivity index (χ0v) is 8.12. The van der Waals surface area contributed by atoms with Crippen LogP contribution in [0.2, 0.25) is 0 Å². The summed E-state index contributed by atoms with van der Waals surface area (Å²) in [7, 11) is 2.10. The molecule has 2 N–H and O–H groups in total. The standard InChI is InChI=1S/C9H18N2O2/c1-11-5-3-2-4-8(11)6-10-7-9(12)13/h8,10H,2-7H2,1H3,(H,12,13). The molecule has 0 aromatic carbocycles. The molecule has 4 nitrogen and oxygen atoms in total. The molecule has 1 aliphatic rings. The van der Waals surface area contributed by atoms with Crippen molar-refractivity contribution in [2.24, 2.45) is 0 Å². The van der Waals surface area contributed by atoms with Crippen molar-refractivity contribution in [1.29, 1.82) is 0 Å². The fourth-order valence-corrected chi connectivity index (χ4v) is 1.75. The number of likely N-dealkylation sites (N-methyl/N-ethyl adjacent to an activating group) is 1. The first-order valence-corrected chi connectivity index (χ1v) is 4.83. The molecule has 0 bridgehead atoms. The largest absolute Gasteiger partial charge is 0.480 e. The zero-order valence-electron chi connectivity index (χ0n) is 8.12. The Morgan fingerprint density at radius 1 is 1.62 bits per heavy atom. The van der Waals surface area contributed by atoms with Gasteiger partial charge in [-0.25, -0.2) is 0 Å². The molecule has 1 aliphatic heterocycles. The summed E-state index contributed by atoms with van der Waals surface area (Å²) < 4.78 is 0. The van der Waals surface area contributed by atoms with Gasteiger partial charge in [-0.15, -0.1) is 0 Å². The summed E-state index contributed by atoms with van der Waals surface area (Å²) in [6, 6.07) is 0.521. The lowest BCUT2D eigenvalue weighted by Gasteiger charge is -2.32. The fourth-order valence-electron chi connectivity index (χ4n) is 1.75. The minimum atomic E-state index is -0.779. The number of piperidine rings is 1. The highest BCUT2D eigenvalue weighted by molar-refractivity contribution is 5.68. The van der Waals surface area contributed by atoms with E-state index in [1.807, 2.05) is 0 Å². The molecule has 1 rings (SSSR count).